The highest BCUT2D eigenvalue weighted by molar-refractivity contribution is 9.10. The summed E-state index contributed by atoms with van der Waals surface area (Å²) in [6.45, 7) is 0. The molecule has 2 rings (SSSR count). The lowest BCUT2D eigenvalue weighted by molar-refractivity contribution is 0.640. The third kappa shape index (κ3) is 2.18. The van der Waals surface area contributed by atoms with Crippen molar-refractivity contribution >= 4 is 15.9 Å². The molecule has 0 aliphatic heterocycles. The summed E-state index contributed by atoms with van der Waals surface area (Å²) in [7, 11) is 3.87. The van der Waals surface area contributed by atoms with Gasteiger partial charge in [-0.05, 0) is 24.7 Å². The van der Waals surface area contributed by atoms with Gasteiger partial charge < -0.3 is 5.32 Å². The average molecular weight is 280 g/mol. The first-order chi connectivity index (χ1) is 7.72. The molecule has 16 heavy (non-hydrogen) atoms. The maximum absolute atomic E-state index is 4.43. The van der Waals surface area contributed by atoms with E-state index in [-0.39, 0.29) is 6.04 Å². The first-order valence-electron chi connectivity index (χ1n) is 5.13. The molecule has 4 heteroatoms. The fourth-order valence-electron chi connectivity index (χ4n) is 1.76. The molecule has 3 nitrogen and oxygen atoms in total. The van der Waals surface area contributed by atoms with E-state index in [9.17, 15) is 0 Å². The van der Waals surface area contributed by atoms with Crippen molar-refractivity contribution in [1.29, 1.82) is 0 Å². The summed E-state index contributed by atoms with van der Waals surface area (Å²) in [6.07, 6.45) is 1.95. The van der Waals surface area contributed by atoms with Gasteiger partial charge in [0.2, 0.25) is 0 Å². The van der Waals surface area contributed by atoms with Gasteiger partial charge in [-0.25, -0.2) is 0 Å². The number of hydrogen-bond acceptors (Lipinski definition) is 2. The van der Waals surface area contributed by atoms with Crippen LogP contribution < -0.4 is 5.32 Å². The standard InChI is InChI=1S/C12H14BrN3/c1-14-12(11-7-8-16(2)15-11)9-5-3-4-6-10(9)13/h3-8,12,14H,1-2H3. The van der Waals surface area contributed by atoms with Crippen LogP contribution in [0.1, 0.15) is 17.3 Å². The van der Waals surface area contributed by atoms with E-state index in [0.29, 0.717) is 0 Å². The van der Waals surface area contributed by atoms with Gasteiger partial charge in [-0.3, -0.25) is 4.68 Å². The Kier molecular flexibility index (Phi) is 3.41. The molecule has 1 heterocycles. The van der Waals surface area contributed by atoms with Crippen molar-refractivity contribution in [3.8, 4) is 0 Å². The van der Waals surface area contributed by atoms with Crippen molar-refractivity contribution in [2.24, 2.45) is 7.05 Å². The predicted octanol–water partition coefficient (Wildman–Crippen LogP) is 2.49. The average Bonchev–Trinajstić information content (AvgIpc) is 2.69. The molecule has 1 unspecified atom stereocenters. The fraction of sp³-hybridized carbons (Fsp3) is 0.250. The zero-order valence-corrected chi connectivity index (χ0v) is 10.9. The summed E-state index contributed by atoms with van der Waals surface area (Å²) < 4.78 is 2.91. The van der Waals surface area contributed by atoms with Gasteiger partial charge in [0.25, 0.3) is 0 Å². The van der Waals surface area contributed by atoms with E-state index >= 15 is 0 Å². The lowest BCUT2D eigenvalue weighted by Gasteiger charge is -2.15. The Labute approximate surface area is 104 Å². The maximum Gasteiger partial charge on any atom is 0.0839 e. The molecule has 1 aromatic carbocycles. The van der Waals surface area contributed by atoms with Gasteiger partial charge in [0.1, 0.15) is 0 Å². The van der Waals surface area contributed by atoms with E-state index in [1.807, 2.05) is 49.2 Å². The Morgan fingerprint density at radius 3 is 2.62 bits per heavy atom. The Hall–Kier alpha value is -1.13. The molecule has 0 bridgehead atoms. The normalized spacial score (nSPS) is 12.7. The molecular weight excluding hydrogens is 266 g/mol. The molecule has 0 saturated carbocycles. The summed E-state index contributed by atoms with van der Waals surface area (Å²) in [5.74, 6) is 0. The Morgan fingerprint density at radius 1 is 1.31 bits per heavy atom. The quantitative estimate of drug-likeness (QED) is 0.936. The minimum atomic E-state index is 0.122. The number of benzene rings is 1. The molecule has 1 atom stereocenters. The van der Waals surface area contributed by atoms with Crippen LogP contribution in [0, 0.1) is 0 Å². The Morgan fingerprint density at radius 2 is 2.06 bits per heavy atom. The number of nitrogens with one attached hydrogen (secondary N) is 1. The van der Waals surface area contributed by atoms with Gasteiger partial charge in [0, 0.05) is 17.7 Å². The highest BCUT2D eigenvalue weighted by Gasteiger charge is 2.16. The highest BCUT2D eigenvalue weighted by Crippen LogP contribution is 2.26. The van der Waals surface area contributed by atoms with Crippen molar-refractivity contribution in [2.45, 2.75) is 6.04 Å². The predicted molar refractivity (Wildman–Crippen MR) is 68.3 cm³/mol. The van der Waals surface area contributed by atoms with Crippen LogP contribution in [0.2, 0.25) is 0 Å². The van der Waals surface area contributed by atoms with Crippen molar-refractivity contribution < 1.29 is 0 Å². The van der Waals surface area contributed by atoms with Crippen LogP contribution in [-0.2, 0) is 7.05 Å². The third-order valence-electron chi connectivity index (χ3n) is 2.53. The van der Waals surface area contributed by atoms with Crippen LogP contribution in [0.25, 0.3) is 0 Å². The molecule has 1 aromatic heterocycles. The smallest absolute Gasteiger partial charge is 0.0839 e. The van der Waals surface area contributed by atoms with Crippen molar-refractivity contribution in [3.63, 3.8) is 0 Å². The van der Waals surface area contributed by atoms with Gasteiger partial charge in [0.15, 0.2) is 0 Å². The second-order valence-electron chi connectivity index (χ2n) is 3.66. The molecule has 2 aromatic rings. The highest BCUT2D eigenvalue weighted by atomic mass is 79.9. The molecule has 0 spiro atoms. The van der Waals surface area contributed by atoms with Gasteiger partial charge in [0.05, 0.1) is 11.7 Å². The molecule has 1 N–H and O–H groups in total. The van der Waals surface area contributed by atoms with Crippen LogP contribution in [-0.4, -0.2) is 16.8 Å². The first kappa shape index (κ1) is 11.4. The molecule has 0 aliphatic carbocycles. The fourth-order valence-corrected chi connectivity index (χ4v) is 2.27. The van der Waals surface area contributed by atoms with Crippen LogP contribution >= 0.6 is 15.9 Å². The van der Waals surface area contributed by atoms with Crippen molar-refractivity contribution in [2.75, 3.05) is 7.05 Å². The first-order valence-corrected chi connectivity index (χ1v) is 5.93. The lowest BCUT2D eigenvalue weighted by atomic mass is 10.0. The van der Waals surface area contributed by atoms with E-state index in [2.05, 4.69) is 32.4 Å². The topological polar surface area (TPSA) is 29.9 Å². The number of aromatic nitrogens is 2. The molecule has 0 aliphatic rings. The number of halogens is 1. The summed E-state index contributed by atoms with van der Waals surface area (Å²) in [4.78, 5) is 0. The second-order valence-corrected chi connectivity index (χ2v) is 4.51. The van der Waals surface area contributed by atoms with E-state index in [4.69, 9.17) is 0 Å². The van der Waals surface area contributed by atoms with Gasteiger partial charge in [-0.2, -0.15) is 5.10 Å². The Bertz CT molecular complexity index is 479. The number of hydrogen-bond donors (Lipinski definition) is 1. The molecular formula is C12H14BrN3. The van der Waals surface area contributed by atoms with Crippen LogP contribution in [0.4, 0.5) is 0 Å². The van der Waals surface area contributed by atoms with Gasteiger partial charge >= 0.3 is 0 Å². The molecule has 0 fully saturated rings. The molecule has 0 amide bonds. The lowest BCUT2D eigenvalue weighted by Crippen LogP contribution is -2.18. The van der Waals surface area contributed by atoms with E-state index in [0.717, 1.165) is 10.2 Å². The van der Waals surface area contributed by atoms with Gasteiger partial charge in [-0.1, -0.05) is 34.1 Å². The van der Waals surface area contributed by atoms with Crippen molar-refractivity contribution in [1.82, 2.24) is 15.1 Å². The number of aryl methyl sites for hydroxylation is 1. The minimum absolute atomic E-state index is 0.122. The SMILES string of the molecule is CNC(c1ccn(C)n1)c1ccccc1Br. The second kappa shape index (κ2) is 4.80. The van der Waals surface area contributed by atoms with Crippen LogP contribution in [0.3, 0.4) is 0 Å². The summed E-state index contributed by atoms with van der Waals surface area (Å²) in [5, 5.41) is 7.72. The largest absolute Gasteiger partial charge is 0.308 e. The summed E-state index contributed by atoms with van der Waals surface area (Å²) >= 11 is 3.57. The van der Waals surface area contributed by atoms with Crippen molar-refractivity contribution in [3.05, 3.63) is 52.3 Å². The third-order valence-corrected chi connectivity index (χ3v) is 3.26. The number of rotatable bonds is 3. The molecule has 84 valence electrons. The zero-order chi connectivity index (χ0) is 11.5. The number of nitrogens with zero attached hydrogens (tertiary/aromatic N) is 2. The summed E-state index contributed by atoms with van der Waals surface area (Å²) in [6, 6.07) is 10.3. The van der Waals surface area contributed by atoms with E-state index < -0.39 is 0 Å². The maximum atomic E-state index is 4.43. The summed E-state index contributed by atoms with van der Waals surface area (Å²) in [5.41, 5.74) is 2.22. The Balaban J connectivity index is 2.40. The van der Waals surface area contributed by atoms with Gasteiger partial charge in [-0.15, -0.1) is 0 Å². The van der Waals surface area contributed by atoms with E-state index in [1.165, 1.54) is 5.56 Å². The molecule has 0 radical (unpaired) electrons. The monoisotopic (exact) mass is 279 g/mol. The minimum Gasteiger partial charge on any atom is -0.308 e. The van der Waals surface area contributed by atoms with E-state index in [1.54, 1.807) is 0 Å². The zero-order valence-electron chi connectivity index (χ0n) is 9.31. The molecule has 0 saturated heterocycles. The van der Waals surface area contributed by atoms with Crippen LogP contribution in [0.15, 0.2) is 41.0 Å². The van der Waals surface area contributed by atoms with Crippen LogP contribution in [0.5, 0.6) is 0 Å².